The average Bonchev–Trinajstić information content (AvgIpc) is 2.74. The average molecular weight is 238 g/mol. The summed E-state index contributed by atoms with van der Waals surface area (Å²) in [6.45, 7) is 0. The second-order valence-electron chi connectivity index (χ2n) is 2.73. The number of thiazole rings is 1. The summed E-state index contributed by atoms with van der Waals surface area (Å²) in [7, 11) is 0. The van der Waals surface area contributed by atoms with Gasteiger partial charge in [0.25, 0.3) is 0 Å². The van der Waals surface area contributed by atoms with Gasteiger partial charge in [-0.15, -0.1) is 11.3 Å². The minimum absolute atomic E-state index is 0.683. The molecule has 0 amide bonds. The molecule has 0 atom stereocenters. The third-order valence-electron chi connectivity index (χ3n) is 1.70. The van der Waals surface area contributed by atoms with Crippen molar-refractivity contribution in [3.05, 3.63) is 46.4 Å². The van der Waals surface area contributed by atoms with E-state index in [9.17, 15) is 0 Å². The van der Waals surface area contributed by atoms with Gasteiger partial charge in [0.15, 0.2) is 0 Å². The number of benzene rings is 1. The van der Waals surface area contributed by atoms with Crippen LogP contribution >= 0.6 is 22.9 Å². The van der Waals surface area contributed by atoms with E-state index < -0.39 is 0 Å². The maximum Gasteiger partial charge on any atom is 0.203 e. The van der Waals surface area contributed by atoms with E-state index >= 15 is 0 Å². The number of halogens is 1. The van der Waals surface area contributed by atoms with Crippen LogP contribution in [0.3, 0.4) is 0 Å². The number of aromatic nitrogens is 1. The first-order valence-corrected chi connectivity index (χ1v) is 5.55. The molecule has 0 unspecified atom stereocenters. The van der Waals surface area contributed by atoms with Gasteiger partial charge in [0.05, 0.1) is 6.21 Å². The fourth-order valence-electron chi connectivity index (χ4n) is 1.02. The quantitative estimate of drug-likeness (QED) is 0.657. The summed E-state index contributed by atoms with van der Waals surface area (Å²) in [6.07, 6.45) is 3.39. The molecule has 0 aliphatic carbocycles. The molecule has 0 saturated carbocycles. The zero-order valence-corrected chi connectivity index (χ0v) is 9.29. The Balaban J connectivity index is 2.03. The van der Waals surface area contributed by atoms with E-state index in [1.54, 1.807) is 12.4 Å². The highest BCUT2D eigenvalue weighted by Crippen LogP contribution is 2.13. The van der Waals surface area contributed by atoms with Crippen molar-refractivity contribution < 1.29 is 0 Å². The van der Waals surface area contributed by atoms with E-state index in [4.69, 9.17) is 11.6 Å². The predicted octanol–water partition coefficient (Wildman–Crippen LogP) is 3.24. The van der Waals surface area contributed by atoms with Gasteiger partial charge in [-0.25, -0.2) is 4.98 Å². The number of nitrogens with zero attached hydrogens (tertiary/aromatic N) is 2. The number of hydrogen-bond acceptors (Lipinski definition) is 4. The molecule has 0 fully saturated rings. The molecule has 2 aromatic rings. The van der Waals surface area contributed by atoms with Gasteiger partial charge in [0.2, 0.25) is 5.13 Å². The maximum absolute atomic E-state index is 5.95. The molecule has 1 heterocycles. The predicted molar refractivity (Wildman–Crippen MR) is 64.8 cm³/mol. The van der Waals surface area contributed by atoms with Crippen LogP contribution in [0.1, 0.15) is 5.56 Å². The fraction of sp³-hybridized carbons (Fsp3) is 0. The molecule has 2 rings (SSSR count). The van der Waals surface area contributed by atoms with Crippen molar-refractivity contribution in [1.82, 2.24) is 4.98 Å². The molecule has 1 aromatic heterocycles. The first-order valence-electron chi connectivity index (χ1n) is 4.29. The molecule has 15 heavy (non-hydrogen) atoms. The van der Waals surface area contributed by atoms with Crippen LogP contribution in [0.25, 0.3) is 0 Å². The SMILES string of the molecule is Clc1ccccc1/C=N\Nc1nccs1. The van der Waals surface area contributed by atoms with Crippen LogP contribution in [0.4, 0.5) is 5.13 Å². The maximum atomic E-state index is 5.95. The highest BCUT2D eigenvalue weighted by atomic mass is 35.5. The molecule has 1 N–H and O–H groups in total. The Kier molecular flexibility index (Phi) is 3.32. The number of hydrazone groups is 1. The van der Waals surface area contributed by atoms with Crippen molar-refractivity contribution in [2.75, 3.05) is 5.43 Å². The Labute approximate surface area is 96.4 Å². The number of nitrogens with one attached hydrogen (secondary N) is 1. The standard InChI is InChI=1S/C10H8ClN3S/c11-9-4-2-1-3-8(9)7-13-14-10-12-5-6-15-10/h1-7H,(H,12,14)/b13-7-. The number of hydrogen-bond donors (Lipinski definition) is 1. The molecule has 0 aliphatic heterocycles. The second-order valence-corrected chi connectivity index (χ2v) is 4.03. The monoisotopic (exact) mass is 237 g/mol. The smallest absolute Gasteiger partial charge is 0.203 e. The fourth-order valence-corrected chi connectivity index (χ4v) is 1.68. The zero-order valence-electron chi connectivity index (χ0n) is 7.72. The Morgan fingerprint density at radius 2 is 2.27 bits per heavy atom. The molecule has 5 heteroatoms. The molecule has 0 aliphatic rings. The lowest BCUT2D eigenvalue weighted by Gasteiger charge is -1.96. The van der Waals surface area contributed by atoms with E-state index in [1.807, 2.05) is 29.6 Å². The molecule has 0 bridgehead atoms. The lowest BCUT2D eigenvalue weighted by molar-refractivity contribution is 1.29. The van der Waals surface area contributed by atoms with Crippen LogP contribution in [0.15, 0.2) is 40.9 Å². The molecule has 76 valence electrons. The Hall–Kier alpha value is -1.39. The van der Waals surface area contributed by atoms with Crippen molar-refractivity contribution in [1.29, 1.82) is 0 Å². The van der Waals surface area contributed by atoms with Crippen LogP contribution in [0.5, 0.6) is 0 Å². The van der Waals surface area contributed by atoms with Crippen molar-refractivity contribution in [3.63, 3.8) is 0 Å². The molecule has 0 saturated heterocycles. The summed E-state index contributed by atoms with van der Waals surface area (Å²) in [6, 6.07) is 7.52. The lowest BCUT2D eigenvalue weighted by Crippen LogP contribution is -1.89. The molecule has 1 aromatic carbocycles. The molecular weight excluding hydrogens is 230 g/mol. The third-order valence-corrected chi connectivity index (χ3v) is 2.72. The van der Waals surface area contributed by atoms with Crippen LogP contribution in [0, 0.1) is 0 Å². The highest BCUT2D eigenvalue weighted by Gasteiger charge is 1.94. The highest BCUT2D eigenvalue weighted by molar-refractivity contribution is 7.13. The number of rotatable bonds is 3. The molecular formula is C10H8ClN3S. The van der Waals surface area contributed by atoms with Gasteiger partial charge in [0.1, 0.15) is 0 Å². The molecule has 3 nitrogen and oxygen atoms in total. The summed E-state index contributed by atoms with van der Waals surface area (Å²) in [5, 5.41) is 7.36. The summed E-state index contributed by atoms with van der Waals surface area (Å²) in [4.78, 5) is 4.03. The van der Waals surface area contributed by atoms with E-state index in [2.05, 4.69) is 15.5 Å². The summed E-state index contributed by atoms with van der Waals surface area (Å²) in [5.74, 6) is 0. The van der Waals surface area contributed by atoms with Gasteiger partial charge >= 0.3 is 0 Å². The summed E-state index contributed by atoms with van der Waals surface area (Å²) in [5.41, 5.74) is 3.70. The van der Waals surface area contributed by atoms with Gasteiger partial charge in [0, 0.05) is 22.2 Å². The minimum Gasteiger partial charge on any atom is -0.253 e. The van der Waals surface area contributed by atoms with Gasteiger partial charge in [-0.2, -0.15) is 5.10 Å². The largest absolute Gasteiger partial charge is 0.253 e. The first-order chi connectivity index (χ1) is 7.36. The normalized spacial score (nSPS) is 10.7. The van der Waals surface area contributed by atoms with Gasteiger partial charge in [-0.1, -0.05) is 29.8 Å². The Bertz CT molecular complexity index is 453. The van der Waals surface area contributed by atoms with Gasteiger partial charge < -0.3 is 0 Å². The van der Waals surface area contributed by atoms with Gasteiger partial charge in [-0.3, -0.25) is 5.43 Å². The first kappa shape index (κ1) is 10.1. The second kappa shape index (κ2) is 4.91. The van der Waals surface area contributed by atoms with Gasteiger partial charge in [-0.05, 0) is 6.07 Å². The molecule has 0 radical (unpaired) electrons. The van der Waals surface area contributed by atoms with Crippen LogP contribution < -0.4 is 5.43 Å². The van der Waals surface area contributed by atoms with Crippen LogP contribution in [0.2, 0.25) is 5.02 Å². The van der Waals surface area contributed by atoms with Crippen molar-refractivity contribution in [2.45, 2.75) is 0 Å². The van der Waals surface area contributed by atoms with E-state index in [1.165, 1.54) is 11.3 Å². The zero-order chi connectivity index (χ0) is 10.5. The van der Waals surface area contributed by atoms with Crippen LogP contribution in [-0.4, -0.2) is 11.2 Å². The minimum atomic E-state index is 0.683. The van der Waals surface area contributed by atoms with E-state index in [0.29, 0.717) is 5.02 Å². The number of anilines is 1. The topological polar surface area (TPSA) is 37.3 Å². The van der Waals surface area contributed by atoms with E-state index in [-0.39, 0.29) is 0 Å². The van der Waals surface area contributed by atoms with E-state index in [0.717, 1.165) is 10.7 Å². The van der Waals surface area contributed by atoms with Crippen molar-refractivity contribution in [2.24, 2.45) is 5.10 Å². The Morgan fingerprint density at radius 3 is 3.00 bits per heavy atom. The third kappa shape index (κ3) is 2.78. The molecule has 0 spiro atoms. The van der Waals surface area contributed by atoms with Crippen molar-refractivity contribution in [3.8, 4) is 0 Å². The summed E-state index contributed by atoms with van der Waals surface area (Å²) < 4.78 is 0. The van der Waals surface area contributed by atoms with Crippen molar-refractivity contribution >= 4 is 34.3 Å². The lowest BCUT2D eigenvalue weighted by atomic mass is 10.2. The summed E-state index contributed by atoms with van der Waals surface area (Å²) >= 11 is 7.45. The Morgan fingerprint density at radius 1 is 1.40 bits per heavy atom. The van der Waals surface area contributed by atoms with Crippen LogP contribution in [-0.2, 0) is 0 Å².